The Morgan fingerprint density at radius 1 is 1.24 bits per heavy atom. The van der Waals surface area contributed by atoms with Crippen molar-refractivity contribution in [3.63, 3.8) is 0 Å². The molecule has 0 amide bonds. The standard InChI is InChI=1S/C14H13NO4S2/c1-9-13(14(16)17)15-12(20-9)8-5-10-3-6-11(7-4-10)21(2,18)19/h3-8H,1-2H3,(H,16,17)/b8-5+. The second-order valence-corrected chi connectivity index (χ2v) is 7.69. The molecule has 1 aromatic heterocycles. The lowest BCUT2D eigenvalue weighted by Crippen LogP contribution is -1.98. The lowest BCUT2D eigenvalue weighted by molar-refractivity contribution is 0.0690. The van der Waals surface area contributed by atoms with Gasteiger partial charge < -0.3 is 5.11 Å². The molecule has 0 unspecified atom stereocenters. The van der Waals surface area contributed by atoms with Crippen LogP contribution in [0.5, 0.6) is 0 Å². The van der Waals surface area contributed by atoms with Crippen molar-refractivity contribution >= 4 is 39.3 Å². The molecule has 0 saturated carbocycles. The van der Waals surface area contributed by atoms with Gasteiger partial charge in [0.2, 0.25) is 0 Å². The van der Waals surface area contributed by atoms with Crippen molar-refractivity contribution in [1.29, 1.82) is 0 Å². The van der Waals surface area contributed by atoms with Crippen LogP contribution in [-0.4, -0.2) is 30.7 Å². The van der Waals surface area contributed by atoms with E-state index in [0.717, 1.165) is 11.8 Å². The van der Waals surface area contributed by atoms with E-state index < -0.39 is 15.8 Å². The summed E-state index contributed by atoms with van der Waals surface area (Å²) in [5.74, 6) is -1.04. The maximum atomic E-state index is 11.3. The fourth-order valence-corrected chi connectivity index (χ4v) is 3.13. The summed E-state index contributed by atoms with van der Waals surface area (Å²) >= 11 is 1.29. The van der Waals surface area contributed by atoms with Crippen LogP contribution in [0.4, 0.5) is 0 Å². The normalized spacial score (nSPS) is 11.9. The molecular weight excluding hydrogens is 310 g/mol. The fourth-order valence-electron chi connectivity index (χ4n) is 1.68. The highest BCUT2D eigenvalue weighted by Crippen LogP contribution is 2.20. The molecule has 7 heteroatoms. The van der Waals surface area contributed by atoms with Crippen molar-refractivity contribution in [3.05, 3.63) is 45.4 Å². The third-order valence-electron chi connectivity index (χ3n) is 2.74. The lowest BCUT2D eigenvalue weighted by Gasteiger charge is -1.98. The third kappa shape index (κ3) is 3.77. The zero-order chi connectivity index (χ0) is 15.6. The van der Waals surface area contributed by atoms with Crippen LogP contribution in [-0.2, 0) is 9.84 Å². The van der Waals surface area contributed by atoms with Crippen LogP contribution in [0.1, 0.15) is 25.9 Å². The number of carboxylic acid groups (broad SMARTS) is 1. The zero-order valence-corrected chi connectivity index (χ0v) is 13.0. The van der Waals surface area contributed by atoms with E-state index in [2.05, 4.69) is 4.98 Å². The topological polar surface area (TPSA) is 84.3 Å². The predicted octanol–water partition coefficient (Wildman–Crippen LogP) is 2.72. The van der Waals surface area contributed by atoms with Gasteiger partial charge in [0.25, 0.3) is 0 Å². The minimum Gasteiger partial charge on any atom is -0.476 e. The van der Waals surface area contributed by atoms with Crippen LogP contribution in [0.15, 0.2) is 29.2 Å². The molecule has 1 aromatic carbocycles. The number of nitrogens with zero attached hydrogens (tertiary/aromatic N) is 1. The molecule has 5 nitrogen and oxygen atoms in total. The van der Waals surface area contributed by atoms with Crippen LogP contribution < -0.4 is 0 Å². The third-order valence-corrected chi connectivity index (χ3v) is 4.81. The van der Waals surface area contributed by atoms with Crippen molar-refractivity contribution < 1.29 is 18.3 Å². The monoisotopic (exact) mass is 323 g/mol. The van der Waals surface area contributed by atoms with Gasteiger partial charge in [-0.25, -0.2) is 18.2 Å². The summed E-state index contributed by atoms with van der Waals surface area (Å²) in [5.41, 5.74) is 0.874. The van der Waals surface area contributed by atoms with Crippen LogP contribution in [0.3, 0.4) is 0 Å². The Morgan fingerprint density at radius 3 is 2.33 bits per heavy atom. The first-order chi connectivity index (χ1) is 9.77. The molecule has 2 rings (SSSR count). The van der Waals surface area contributed by atoms with Gasteiger partial charge in [-0.15, -0.1) is 11.3 Å². The Labute approximate surface area is 126 Å². The van der Waals surface area contributed by atoms with Crippen molar-refractivity contribution in [3.8, 4) is 0 Å². The van der Waals surface area contributed by atoms with E-state index >= 15 is 0 Å². The van der Waals surface area contributed by atoms with E-state index in [1.165, 1.54) is 23.5 Å². The summed E-state index contributed by atoms with van der Waals surface area (Å²) in [6.45, 7) is 1.71. The largest absolute Gasteiger partial charge is 0.476 e. The lowest BCUT2D eigenvalue weighted by atomic mass is 10.2. The molecule has 1 N–H and O–H groups in total. The van der Waals surface area contributed by atoms with Gasteiger partial charge in [-0.2, -0.15) is 0 Å². The number of aryl methyl sites for hydroxylation is 1. The first-order valence-electron chi connectivity index (χ1n) is 5.96. The van der Waals surface area contributed by atoms with E-state index in [1.807, 2.05) is 0 Å². The second-order valence-electron chi connectivity index (χ2n) is 4.44. The SMILES string of the molecule is Cc1sc(/C=C/c2ccc(S(C)(=O)=O)cc2)nc1C(=O)O. The maximum absolute atomic E-state index is 11.3. The molecule has 110 valence electrons. The highest BCUT2D eigenvalue weighted by molar-refractivity contribution is 7.90. The van der Waals surface area contributed by atoms with Gasteiger partial charge in [-0.1, -0.05) is 18.2 Å². The van der Waals surface area contributed by atoms with Crippen LogP contribution >= 0.6 is 11.3 Å². The first kappa shape index (κ1) is 15.4. The Hall–Kier alpha value is -1.99. The van der Waals surface area contributed by atoms with E-state index in [0.29, 0.717) is 9.88 Å². The molecule has 0 atom stereocenters. The number of rotatable bonds is 4. The van der Waals surface area contributed by atoms with Crippen molar-refractivity contribution in [2.75, 3.05) is 6.26 Å². The van der Waals surface area contributed by atoms with Crippen LogP contribution in [0.25, 0.3) is 12.2 Å². The van der Waals surface area contributed by atoms with Crippen molar-refractivity contribution in [2.24, 2.45) is 0 Å². The molecule has 0 saturated heterocycles. The molecule has 0 bridgehead atoms. The Balaban J connectivity index is 2.22. The van der Waals surface area contributed by atoms with E-state index in [4.69, 9.17) is 5.11 Å². The predicted molar refractivity (Wildman–Crippen MR) is 82.3 cm³/mol. The summed E-state index contributed by atoms with van der Waals surface area (Å²) in [4.78, 5) is 15.8. The van der Waals surface area contributed by atoms with Gasteiger partial charge in [0.05, 0.1) is 4.90 Å². The Kier molecular flexibility index (Phi) is 4.24. The van der Waals surface area contributed by atoms with E-state index in [9.17, 15) is 13.2 Å². The summed E-state index contributed by atoms with van der Waals surface area (Å²) in [7, 11) is -3.20. The van der Waals surface area contributed by atoms with E-state index in [-0.39, 0.29) is 10.6 Å². The molecule has 1 heterocycles. The highest BCUT2D eigenvalue weighted by atomic mass is 32.2. The number of hydrogen-bond donors (Lipinski definition) is 1. The quantitative estimate of drug-likeness (QED) is 0.935. The van der Waals surface area contributed by atoms with Gasteiger partial charge in [0.1, 0.15) is 5.01 Å². The average Bonchev–Trinajstić information content (AvgIpc) is 2.77. The van der Waals surface area contributed by atoms with Gasteiger partial charge in [-0.05, 0) is 30.7 Å². The van der Waals surface area contributed by atoms with Gasteiger partial charge >= 0.3 is 5.97 Å². The molecule has 0 radical (unpaired) electrons. The Morgan fingerprint density at radius 2 is 1.86 bits per heavy atom. The molecule has 0 aliphatic heterocycles. The molecule has 2 aromatic rings. The second kappa shape index (κ2) is 5.79. The highest BCUT2D eigenvalue weighted by Gasteiger charge is 2.12. The number of aromatic carboxylic acids is 1. The number of thiazole rings is 1. The van der Waals surface area contributed by atoms with Crippen LogP contribution in [0, 0.1) is 6.92 Å². The van der Waals surface area contributed by atoms with Gasteiger partial charge in [0.15, 0.2) is 15.5 Å². The average molecular weight is 323 g/mol. The van der Waals surface area contributed by atoms with Crippen LogP contribution in [0.2, 0.25) is 0 Å². The summed E-state index contributed by atoms with van der Waals surface area (Å²) in [6, 6.07) is 6.44. The molecular formula is C14H13NO4S2. The van der Waals surface area contributed by atoms with Gasteiger partial charge in [0, 0.05) is 11.1 Å². The number of sulfone groups is 1. The first-order valence-corrected chi connectivity index (χ1v) is 8.67. The molecule has 21 heavy (non-hydrogen) atoms. The number of aromatic nitrogens is 1. The molecule has 0 spiro atoms. The summed E-state index contributed by atoms with van der Waals surface area (Å²) in [5, 5.41) is 9.53. The summed E-state index contributed by atoms with van der Waals surface area (Å²) < 4.78 is 22.7. The fraction of sp³-hybridized carbons (Fsp3) is 0.143. The minimum absolute atomic E-state index is 0.0621. The number of hydrogen-bond acceptors (Lipinski definition) is 5. The summed E-state index contributed by atoms with van der Waals surface area (Å²) in [6.07, 6.45) is 4.62. The van der Waals surface area contributed by atoms with E-state index in [1.54, 1.807) is 31.2 Å². The molecule has 0 aliphatic rings. The van der Waals surface area contributed by atoms with Gasteiger partial charge in [-0.3, -0.25) is 0 Å². The Bertz CT molecular complexity index is 802. The molecule has 0 fully saturated rings. The minimum atomic E-state index is -3.20. The van der Waals surface area contributed by atoms with Crippen molar-refractivity contribution in [2.45, 2.75) is 11.8 Å². The maximum Gasteiger partial charge on any atom is 0.355 e. The number of carbonyl (C=O) groups is 1. The smallest absolute Gasteiger partial charge is 0.355 e. The number of benzene rings is 1. The number of carboxylic acids is 1. The zero-order valence-electron chi connectivity index (χ0n) is 11.4. The van der Waals surface area contributed by atoms with Crippen molar-refractivity contribution in [1.82, 2.24) is 4.98 Å². The molecule has 0 aliphatic carbocycles.